The summed E-state index contributed by atoms with van der Waals surface area (Å²) in [6.45, 7) is -1.63. The molecule has 0 saturated carbocycles. The van der Waals surface area contributed by atoms with Crippen molar-refractivity contribution in [1.82, 2.24) is 44.1 Å². The number of ether oxygens (including phenoxy) is 2. The van der Waals surface area contributed by atoms with Crippen molar-refractivity contribution in [3.63, 3.8) is 0 Å². The molecule has 3 saturated heterocycles. The number of nitrogens with two attached hydrogens (primary N) is 2. The zero-order chi connectivity index (χ0) is 31.8. The molecule has 25 heteroatoms. The van der Waals surface area contributed by atoms with E-state index in [1.807, 2.05) is 0 Å². The first kappa shape index (κ1) is 30.2. The maximum Gasteiger partial charge on any atom is 0.472 e. The van der Waals surface area contributed by atoms with Gasteiger partial charge >= 0.3 is 7.82 Å². The molecule has 45 heavy (non-hydrogen) atoms. The lowest BCUT2D eigenvalue weighted by molar-refractivity contribution is -0.211. The number of imidazole rings is 2. The van der Waals surface area contributed by atoms with Crippen molar-refractivity contribution >= 4 is 49.7 Å². The summed E-state index contributed by atoms with van der Waals surface area (Å²) in [5.41, 5.74) is 10.6. The normalized spacial score (nSPS) is 37.7. The van der Waals surface area contributed by atoms with Gasteiger partial charge in [0.15, 0.2) is 41.3 Å². The minimum Gasteiger partial charge on any atom is -0.766 e. The van der Waals surface area contributed by atoms with Crippen LogP contribution < -0.4 is 27.0 Å². The molecular weight excluding hydrogens is 651 g/mol. The lowest BCUT2D eigenvalue weighted by Crippen LogP contribution is -2.41. The predicted molar refractivity (Wildman–Crippen MR) is 142 cm³/mol. The van der Waals surface area contributed by atoms with E-state index in [1.54, 1.807) is 0 Å². The van der Waals surface area contributed by atoms with Gasteiger partial charge in [0.25, 0.3) is 5.56 Å². The molecule has 4 aromatic rings. The molecule has 0 spiro atoms. The Hall–Kier alpha value is -3.47. The Kier molecular flexibility index (Phi) is 7.26. The molecule has 10 atom stereocenters. The zero-order valence-corrected chi connectivity index (χ0v) is 24.2. The molecule has 4 aromatic heterocycles. The molecule has 3 fully saturated rings. The Morgan fingerprint density at radius 2 is 1.71 bits per heavy atom. The average Bonchev–Trinajstić information content (AvgIpc) is 3.72. The van der Waals surface area contributed by atoms with Crippen molar-refractivity contribution < 1.29 is 51.5 Å². The SMILES string of the molecule is Nc1nc2c(ncn2C2OC3COP(=O)(O)OC4C(CNP(=O)([O-])OC2C3F)OC(n2cnc3c(N)ncnc32)C4O)c(=O)[nH]1. The highest BCUT2D eigenvalue weighted by molar-refractivity contribution is 7.49. The number of H-pyrrole nitrogens is 1. The second-order valence-corrected chi connectivity index (χ2v) is 13.1. The van der Waals surface area contributed by atoms with Gasteiger partial charge in [0.1, 0.15) is 42.4 Å². The number of anilines is 2. The van der Waals surface area contributed by atoms with E-state index in [-0.39, 0.29) is 34.1 Å². The molecule has 10 unspecified atom stereocenters. The van der Waals surface area contributed by atoms with Crippen LogP contribution in [-0.4, -0.2) is 98.9 Å². The standard InChI is InChI=1S/C20H24FN11O11P2/c21-8-7-2-39-45(37,38)43-12-6(40-18(11(12)33)31-4-26-9-14(22)24-3-25-15(9)31)1-28-44(35,36)42-13(8)19(41-7)32-5-27-10-16(32)29-20(23)30-17(10)34/h3-8,11-13,18-19,33H,1-2H2,(H,37,38)(H2,22,24,25)(H2,28,35,36)(H3,23,29,30,34)/p-1. The fourth-order valence-electron chi connectivity index (χ4n) is 5.35. The van der Waals surface area contributed by atoms with Gasteiger partial charge in [-0.3, -0.25) is 37.6 Å². The third kappa shape index (κ3) is 5.30. The van der Waals surface area contributed by atoms with Gasteiger partial charge in [-0.05, 0) is 0 Å². The Bertz CT molecular complexity index is 1940. The number of fused-ring (bicyclic) bond motifs is 5. The van der Waals surface area contributed by atoms with Crippen LogP contribution in [-0.2, 0) is 32.2 Å². The monoisotopic (exact) mass is 674 g/mol. The first-order valence-corrected chi connectivity index (χ1v) is 16.0. The molecule has 8 N–H and O–H groups in total. The van der Waals surface area contributed by atoms with Crippen molar-refractivity contribution in [2.45, 2.75) is 49.1 Å². The van der Waals surface area contributed by atoms with Crippen molar-refractivity contribution in [2.24, 2.45) is 0 Å². The van der Waals surface area contributed by atoms with E-state index < -0.39 is 83.4 Å². The van der Waals surface area contributed by atoms with Crippen molar-refractivity contribution in [3.8, 4) is 0 Å². The molecule has 0 aliphatic carbocycles. The fraction of sp³-hybridized carbons (Fsp3) is 0.500. The van der Waals surface area contributed by atoms with Gasteiger partial charge in [-0.2, -0.15) is 4.98 Å². The summed E-state index contributed by atoms with van der Waals surface area (Å²) in [6.07, 6.45) is -10.3. The number of aromatic amines is 1. The van der Waals surface area contributed by atoms with Gasteiger partial charge in [0.2, 0.25) is 13.7 Å². The smallest absolute Gasteiger partial charge is 0.472 e. The summed E-state index contributed by atoms with van der Waals surface area (Å²) in [7, 11) is -10.3. The van der Waals surface area contributed by atoms with Crippen LogP contribution in [0.2, 0.25) is 0 Å². The van der Waals surface area contributed by atoms with Gasteiger partial charge in [0.05, 0.1) is 19.3 Å². The first-order valence-electron chi connectivity index (χ1n) is 13.0. The Balaban J connectivity index is 1.21. The number of halogens is 1. The number of aliphatic hydroxyl groups is 1. The Morgan fingerprint density at radius 1 is 1.00 bits per heavy atom. The molecule has 0 radical (unpaired) electrons. The molecule has 3 aliphatic heterocycles. The van der Waals surface area contributed by atoms with Crippen LogP contribution in [0.5, 0.6) is 0 Å². The van der Waals surface area contributed by atoms with Crippen LogP contribution in [0.25, 0.3) is 22.3 Å². The van der Waals surface area contributed by atoms with E-state index >= 15 is 4.39 Å². The predicted octanol–water partition coefficient (Wildman–Crippen LogP) is -2.42. The van der Waals surface area contributed by atoms with Crippen LogP contribution in [0.1, 0.15) is 12.5 Å². The number of hydrogen-bond acceptors (Lipinski definition) is 17. The summed E-state index contributed by atoms with van der Waals surface area (Å²) >= 11 is 0. The van der Waals surface area contributed by atoms with Crippen molar-refractivity contribution in [3.05, 3.63) is 29.3 Å². The van der Waals surface area contributed by atoms with Gasteiger partial charge in [-0.25, -0.2) is 28.9 Å². The minimum absolute atomic E-state index is 0.0282. The number of aromatic nitrogens is 8. The second kappa shape index (κ2) is 10.8. The summed E-state index contributed by atoms with van der Waals surface area (Å²) in [5, 5.41) is 13.2. The number of phosphoric acid groups is 1. The molecule has 242 valence electrons. The highest BCUT2D eigenvalue weighted by Gasteiger charge is 2.53. The quantitative estimate of drug-likeness (QED) is 0.120. The van der Waals surface area contributed by atoms with E-state index in [0.29, 0.717) is 0 Å². The molecular formula is C20H23FN11O11P2-. The second-order valence-electron chi connectivity index (χ2n) is 10.2. The maximum absolute atomic E-state index is 15.7. The number of alkyl halides is 1. The highest BCUT2D eigenvalue weighted by Crippen LogP contribution is 2.51. The minimum atomic E-state index is -5.19. The van der Waals surface area contributed by atoms with Gasteiger partial charge in [0, 0.05) is 6.54 Å². The van der Waals surface area contributed by atoms with E-state index in [1.165, 1.54) is 10.9 Å². The van der Waals surface area contributed by atoms with Crippen LogP contribution in [0, 0.1) is 0 Å². The lowest BCUT2D eigenvalue weighted by atomic mass is 10.1. The lowest BCUT2D eigenvalue weighted by Gasteiger charge is -2.31. The van der Waals surface area contributed by atoms with Gasteiger partial charge in [-0.1, -0.05) is 0 Å². The Morgan fingerprint density at radius 3 is 2.49 bits per heavy atom. The number of aliphatic hydroxyl groups excluding tert-OH is 1. The topological polar surface area (TPSA) is 315 Å². The number of nitrogen functional groups attached to an aromatic ring is 2. The third-order valence-corrected chi connectivity index (χ3v) is 9.44. The highest BCUT2D eigenvalue weighted by atomic mass is 31.2. The molecule has 0 amide bonds. The first-order chi connectivity index (χ1) is 21.3. The largest absolute Gasteiger partial charge is 0.766 e. The molecule has 2 bridgehead atoms. The average molecular weight is 674 g/mol. The number of rotatable bonds is 2. The number of nitrogens with one attached hydrogen (secondary N) is 2. The van der Waals surface area contributed by atoms with Crippen LogP contribution in [0.4, 0.5) is 16.2 Å². The molecule has 22 nitrogen and oxygen atoms in total. The van der Waals surface area contributed by atoms with E-state index in [2.05, 4.69) is 35.0 Å². The number of nitrogens with zero attached hydrogens (tertiary/aromatic N) is 7. The summed E-state index contributed by atoms with van der Waals surface area (Å²) in [6, 6.07) is 0. The van der Waals surface area contributed by atoms with Crippen molar-refractivity contribution in [2.75, 3.05) is 24.6 Å². The number of hydrogen-bond donors (Lipinski definition) is 6. The van der Waals surface area contributed by atoms with Crippen LogP contribution in [0.3, 0.4) is 0 Å². The van der Waals surface area contributed by atoms with Crippen LogP contribution >= 0.6 is 15.6 Å². The van der Waals surface area contributed by atoms with Gasteiger partial charge < -0.3 is 40.4 Å². The summed E-state index contributed by atoms with van der Waals surface area (Å²) in [5.74, 6) is -0.287. The molecule has 7 rings (SSSR count). The van der Waals surface area contributed by atoms with Crippen LogP contribution in [0.15, 0.2) is 23.8 Å². The van der Waals surface area contributed by atoms with Gasteiger partial charge in [-0.15, -0.1) is 0 Å². The van der Waals surface area contributed by atoms with E-state index in [9.17, 15) is 28.8 Å². The molecule has 3 aliphatic rings. The third-order valence-electron chi connectivity index (χ3n) is 7.36. The van der Waals surface area contributed by atoms with E-state index in [4.69, 9.17) is 34.5 Å². The summed E-state index contributed by atoms with van der Waals surface area (Å²) in [4.78, 5) is 58.0. The molecule has 0 aromatic carbocycles. The number of phosphoric ester groups is 1. The fourth-order valence-corrected chi connectivity index (χ4v) is 7.33. The van der Waals surface area contributed by atoms with E-state index in [0.717, 1.165) is 17.2 Å². The molecule has 7 heterocycles. The summed E-state index contributed by atoms with van der Waals surface area (Å²) < 4.78 is 71.1. The zero-order valence-electron chi connectivity index (χ0n) is 22.4. The Labute approximate surface area is 248 Å². The maximum atomic E-state index is 15.7. The van der Waals surface area contributed by atoms with Crippen molar-refractivity contribution in [1.29, 1.82) is 0 Å².